The number of piperazine rings is 1. The number of nitrogens with zero attached hydrogens (tertiary/aromatic N) is 4. The fourth-order valence-corrected chi connectivity index (χ4v) is 2.56. The van der Waals surface area contributed by atoms with Gasteiger partial charge in [0.1, 0.15) is 6.33 Å². The summed E-state index contributed by atoms with van der Waals surface area (Å²) in [5.74, 6) is 0.861. The van der Waals surface area contributed by atoms with Crippen molar-refractivity contribution in [3.05, 3.63) is 48.4 Å². The number of hydrogen-bond donors (Lipinski definition) is 1. The van der Waals surface area contributed by atoms with Crippen molar-refractivity contribution in [3.63, 3.8) is 0 Å². The number of nitrogens with two attached hydrogens (primary N) is 1. The predicted molar refractivity (Wildman–Crippen MR) is 80.4 cm³/mol. The summed E-state index contributed by atoms with van der Waals surface area (Å²) in [6.07, 6.45) is 3.22. The highest BCUT2D eigenvalue weighted by Gasteiger charge is 2.19. The van der Waals surface area contributed by atoms with Gasteiger partial charge in [-0.3, -0.25) is 4.90 Å². The maximum atomic E-state index is 5.93. The Morgan fingerprint density at radius 2 is 1.80 bits per heavy atom. The summed E-state index contributed by atoms with van der Waals surface area (Å²) >= 11 is 0. The lowest BCUT2D eigenvalue weighted by molar-refractivity contribution is 0.249. The highest BCUT2D eigenvalue weighted by Crippen LogP contribution is 2.20. The maximum absolute atomic E-state index is 5.93. The third-order valence-electron chi connectivity index (χ3n) is 3.64. The summed E-state index contributed by atoms with van der Waals surface area (Å²) in [6, 6.07) is 10.6. The fraction of sp³-hybridized carbons (Fsp3) is 0.333. The lowest BCUT2D eigenvalue weighted by Crippen LogP contribution is -2.46. The standard InChI is InChI=1S/C15H19N5/c16-14-10-17-12-18-15(14)20-8-6-19(7-9-20)11-13-4-2-1-3-5-13/h1-5,10,12H,6-9,11,16H2. The van der Waals surface area contributed by atoms with Crippen molar-refractivity contribution in [1.82, 2.24) is 14.9 Å². The van der Waals surface area contributed by atoms with Crippen molar-refractivity contribution in [3.8, 4) is 0 Å². The number of benzene rings is 1. The van der Waals surface area contributed by atoms with Gasteiger partial charge in [0.15, 0.2) is 5.82 Å². The molecule has 2 heterocycles. The second kappa shape index (κ2) is 5.88. The molecule has 1 saturated heterocycles. The van der Waals surface area contributed by atoms with E-state index in [1.165, 1.54) is 5.56 Å². The van der Waals surface area contributed by atoms with E-state index in [2.05, 4.69) is 50.1 Å². The minimum atomic E-state index is 0.656. The molecule has 1 aliphatic rings. The van der Waals surface area contributed by atoms with E-state index in [0.29, 0.717) is 5.69 Å². The van der Waals surface area contributed by atoms with Crippen molar-refractivity contribution in [2.45, 2.75) is 6.54 Å². The van der Waals surface area contributed by atoms with Crippen LogP contribution in [0.3, 0.4) is 0 Å². The Morgan fingerprint density at radius 3 is 2.50 bits per heavy atom. The zero-order chi connectivity index (χ0) is 13.8. The molecule has 2 aromatic rings. The molecule has 2 N–H and O–H groups in total. The first kappa shape index (κ1) is 12.9. The van der Waals surface area contributed by atoms with Gasteiger partial charge in [-0.1, -0.05) is 30.3 Å². The molecule has 1 fully saturated rings. The number of aromatic nitrogens is 2. The first-order valence-electron chi connectivity index (χ1n) is 6.89. The molecule has 0 radical (unpaired) electrons. The van der Waals surface area contributed by atoms with Gasteiger partial charge in [0.25, 0.3) is 0 Å². The Morgan fingerprint density at radius 1 is 1.05 bits per heavy atom. The number of hydrogen-bond acceptors (Lipinski definition) is 5. The summed E-state index contributed by atoms with van der Waals surface area (Å²) in [6.45, 7) is 4.96. The number of rotatable bonds is 3. The van der Waals surface area contributed by atoms with E-state index < -0.39 is 0 Å². The SMILES string of the molecule is Nc1cncnc1N1CCN(Cc2ccccc2)CC1. The Labute approximate surface area is 119 Å². The van der Waals surface area contributed by atoms with E-state index in [0.717, 1.165) is 38.5 Å². The van der Waals surface area contributed by atoms with Crippen LogP contribution in [-0.4, -0.2) is 41.0 Å². The second-order valence-corrected chi connectivity index (χ2v) is 5.05. The minimum Gasteiger partial charge on any atom is -0.394 e. The Bertz CT molecular complexity index is 549. The van der Waals surface area contributed by atoms with Gasteiger partial charge < -0.3 is 10.6 Å². The molecule has 0 amide bonds. The van der Waals surface area contributed by atoms with Gasteiger partial charge in [0.05, 0.1) is 11.9 Å². The van der Waals surface area contributed by atoms with Gasteiger partial charge in [0.2, 0.25) is 0 Å². The zero-order valence-corrected chi connectivity index (χ0v) is 11.4. The monoisotopic (exact) mass is 269 g/mol. The van der Waals surface area contributed by atoms with Crippen LogP contribution in [0, 0.1) is 0 Å². The molecule has 0 aliphatic carbocycles. The van der Waals surface area contributed by atoms with Crippen molar-refractivity contribution >= 4 is 11.5 Å². The molecule has 0 spiro atoms. The van der Waals surface area contributed by atoms with E-state index in [4.69, 9.17) is 5.73 Å². The molecule has 1 aromatic carbocycles. The largest absolute Gasteiger partial charge is 0.394 e. The second-order valence-electron chi connectivity index (χ2n) is 5.05. The van der Waals surface area contributed by atoms with E-state index in [1.807, 2.05) is 0 Å². The van der Waals surface area contributed by atoms with Crippen LogP contribution in [0.4, 0.5) is 11.5 Å². The third-order valence-corrected chi connectivity index (χ3v) is 3.64. The van der Waals surface area contributed by atoms with Gasteiger partial charge in [0, 0.05) is 32.7 Å². The molecule has 3 rings (SSSR count). The lowest BCUT2D eigenvalue weighted by Gasteiger charge is -2.35. The summed E-state index contributed by atoms with van der Waals surface area (Å²) in [4.78, 5) is 12.9. The van der Waals surface area contributed by atoms with Crippen molar-refractivity contribution in [2.75, 3.05) is 36.8 Å². The molecule has 1 aromatic heterocycles. The van der Waals surface area contributed by atoms with Crippen LogP contribution in [0.15, 0.2) is 42.9 Å². The van der Waals surface area contributed by atoms with E-state index in [9.17, 15) is 0 Å². The molecular formula is C15H19N5. The maximum Gasteiger partial charge on any atom is 0.155 e. The average molecular weight is 269 g/mol. The number of anilines is 2. The molecule has 5 heteroatoms. The highest BCUT2D eigenvalue weighted by atomic mass is 15.3. The van der Waals surface area contributed by atoms with Crippen LogP contribution in [0.25, 0.3) is 0 Å². The molecule has 1 aliphatic heterocycles. The van der Waals surface area contributed by atoms with Crippen LogP contribution in [0.5, 0.6) is 0 Å². The molecule has 20 heavy (non-hydrogen) atoms. The third kappa shape index (κ3) is 2.88. The highest BCUT2D eigenvalue weighted by molar-refractivity contribution is 5.61. The van der Waals surface area contributed by atoms with E-state index in [-0.39, 0.29) is 0 Å². The summed E-state index contributed by atoms with van der Waals surface area (Å²) in [5, 5.41) is 0. The summed E-state index contributed by atoms with van der Waals surface area (Å²) < 4.78 is 0. The Balaban J connectivity index is 1.59. The molecule has 5 nitrogen and oxygen atoms in total. The van der Waals surface area contributed by atoms with Gasteiger partial charge in [-0.2, -0.15) is 0 Å². The topological polar surface area (TPSA) is 58.3 Å². The fourth-order valence-electron chi connectivity index (χ4n) is 2.56. The quantitative estimate of drug-likeness (QED) is 0.912. The molecule has 0 saturated carbocycles. The molecule has 0 atom stereocenters. The minimum absolute atomic E-state index is 0.656. The van der Waals surface area contributed by atoms with Gasteiger partial charge in [-0.05, 0) is 5.56 Å². The van der Waals surface area contributed by atoms with Crippen LogP contribution >= 0.6 is 0 Å². The molecule has 104 valence electrons. The van der Waals surface area contributed by atoms with Crippen LogP contribution in [0.2, 0.25) is 0 Å². The van der Waals surface area contributed by atoms with Gasteiger partial charge in [-0.25, -0.2) is 9.97 Å². The van der Waals surface area contributed by atoms with Crippen LogP contribution < -0.4 is 10.6 Å². The van der Waals surface area contributed by atoms with Gasteiger partial charge >= 0.3 is 0 Å². The summed E-state index contributed by atoms with van der Waals surface area (Å²) in [7, 11) is 0. The zero-order valence-electron chi connectivity index (χ0n) is 11.4. The normalized spacial score (nSPS) is 16.3. The molecule has 0 unspecified atom stereocenters. The average Bonchev–Trinajstić information content (AvgIpc) is 2.50. The molecular weight excluding hydrogens is 250 g/mol. The van der Waals surface area contributed by atoms with Crippen LogP contribution in [0.1, 0.15) is 5.56 Å². The van der Waals surface area contributed by atoms with E-state index in [1.54, 1.807) is 12.5 Å². The van der Waals surface area contributed by atoms with Crippen molar-refractivity contribution < 1.29 is 0 Å². The first-order valence-corrected chi connectivity index (χ1v) is 6.89. The lowest BCUT2D eigenvalue weighted by atomic mass is 10.2. The number of nitrogen functional groups attached to an aromatic ring is 1. The predicted octanol–water partition coefficient (Wildman–Crippen LogP) is 1.38. The Hall–Kier alpha value is -2.14. The van der Waals surface area contributed by atoms with Crippen molar-refractivity contribution in [2.24, 2.45) is 0 Å². The molecule has 0 bridgehead atoms. The van der Waals surface area contributed by atoms with Gasteiger partial charge in [-0.15, -0.1) is 0 Å². The smallest absolute Gasteiger partial charge is 0.155 e. The summed E-state index contributed by atoms with van der Waals surface area (Å²) in [5.41, 5.74) is 7.95. The first-order chi connectivity index (χ1) is 9.83. The Kier molecular flexibility index (Phi) is 3.78. The van der Waals surface area contributed by atoms with Crippen LogP contribution in [-0.2, 0) is 6.54 Å². The van der Waals surface area contributed by atoms with Crippen molar-refractivity contribution in [1.29, 1.82) is 0 Å². The van der Waals surface area contributed by atoms with E-state index >= 15 is 0 Å².